The van der Waals surface area contributed by atoms with E-state index in [4.69, 9.17) is 5.73 Å². The number of fused-ring (bicyclic) bond motifs is 1. The predicted molar refractivity (Wildman–Crippen MR) is 77.4 cm³/mol. The fourth-order valence-electron chi connectivity index (χ4n) is 2.36. The second-order valence-electron chi connectivity index (χ2n) is 4.98. The molecular formula is C14H19BrN2. The number of halogens is 1. The number of nitrogens with two attached hydrogens (primary N) is 1. The summed E-state index contributed by atoms with van der Waals surface area (Å²) in [4.78, 5) is 0. The summed E-state index contributed by atoms with van der Waals surface area (Å²) < 4.78 is 3.50. The molecule has 0 aliphatic heterocycles. The highest BCUT2D eigenvalue weighted by molar-refractivity contribution is 9.10. The monoisotopic (exact) mass is 294 g/mol. The Hall–Kier alpha value is -0.800. The fraction of sp³-hybridized carbons (Fsp3) is 0.429. The van der Waals surface area contributed by atoms with E-state index < -0.39 is 0 Å². The van der Waals surface area contributed by atoms with Gasteiger partial charge in [-0.25, -0.2) is 0 Å². The normalized spacial score (nSPS) is 13.5. The first-order valence-corrected chi connectivity index (χ1v) is 6.83. The predicted octanol–water partition coefficient (Wildman–Crippen LogP) is 3.87. The minimum absolute atomic E-state index is 0.195. The lowest BCUT2D eigenvalue weighted by molar-refractivity contribution is 0.576. The lowest BCUT2D eigenvalue weighted by Gasteiger charge is -2.16. The molecule has 0 saturated carbocycles. The standard InChI is InChI=1S/C14H19BrN2/c1-9(2)17-13(6-10(3)16)8-11-7-12(15)4-5-14(11)17/h4-5,7-10H,6,16H2,1-3H3. The van der Waals surface area contributed by atoms with E-state index in [1.165, 1.54) is 16.6 Å². The zero-order chi connectivity index (χ0) is 12.6. The molecule has 0 aliphatic rings. The number of aromatic nitrogens is 1. The van der Waals surface area contributed by atoms with Gasteiger partial charge in [0.05, 0.1) is 0 Å². The third-order valence-electron chi connectivity index (χ3n) is 2.93. The highest BCUT2D eigenvalue weighted by Gasteiger charge is 2.12. The van der Waals surface area contributed by atoms with Gasteiger partial charge >= 0.3 is 0 Å². The van der Waals surface area contributed by atoms with Crippen LogP contribution >= 0.6 is 15.9 Å². The summed E-state index contributed by atoms with van der Waals surface area (Å²) in [7, 11) is 0. The summed E-state index contributed by atoms with van der Waals surface area (Å²) in [5.74, 6) is 0. The second kappa shape index (κ2) is 4.83. The van der Waals surface area contributed by atoms with Crippen molar-refractivity contribution in [3.63, 3.8) is 0 Å². The number of benzene rings is 1. The molecule has 0 spiro atoms. The molecule has 17 heavy (non-hydrogen) atoms. The molecule has 0 bridgehead atoms. The average molecular weight is 295 g/mol. The van der Waals surface area contributed by atoms with E-state index in [9.17, 15) is 0 Å². The average Bonchev–Trinajstić information content (AvgIpc) is 2.53. The first kappa shape index (κ1) is 12.7. The van der Waals surface area contributed by atoms with Crippen LogP contribution in [0, 0.1) is 0 Å². The smallest absolute Gasteiger partial charge is 0.0485 e. The van der Waals surface area contributed by atoms with E-state index in [0.29, 0.717) is 6.04 Å². The van der Waals surface area contributed by atoms with Crippen molar-refractivity contribution in [2.45, 2.75) is 39.3 Å². The Morgan fingerprint density at radius 1 is 1.24 bits per heavy atom. The summed E-state index contributed by atoms with van der Waals surface area (Å²) in [5, 5.41) is 1.28. The Morgan fingerprint density at radius 3 is 2.53 bits per heavy atom. The van der Waals surface area contributed by atoms with Crippen molar-refractivity contribution >= 4 is 26.8 Å². The zero-order valence-corrected chi connectivity index (χ0v) is 12.2. The highest BCUT2D eigenvalue weighted by Crippen LogP contribution is 2.27. The molecule has 0 saturated heterocycles. The van der Waals surface area contributed by atoms with Crippen LogP contribution in [0.15, 0.2) is 28.7 Å². The van der Waals surface area contributed by atoms with Gasteiger partial charge in [0.2, 0.25) is 0 Å². The maximum absolute atomic E-state index is 5.92. The maximum atomic E-state index is 5.92. The van der Waals surface area contributed by atoms with Gasteiger partial charge < -0.3 is 10.3 Å². The minimum Gasteiger partial charge on any atom is -0.342 e. The van der Waals surface area contributed by atoms with Crippen LogP contribution in [0.1, 0.15) is 32.5 Å². The summed E-state index contributed by atoms with van der Waals surface area (Å²) in [6, 6.07) is 9.34. The molecule has 0 amide bonds. The minimum atomic E-state index is 0.195. The van der Waals surface area contributed by atoms with E-state index >= 15 is 0 Å². The van der Waals surface area contributed by atoms with Crippen LogP contribution in [0.4, 0.5) is 0 Å². The summed E-state index contributed by atoms with van der Waals surface area (Å²) in [5.41, 5.74) is 8.54. The molecule has 2 nitrogen and oxygen atoms in total. The summed E-state index contributed by atoms with van der Waals surface area (Å²) in [6.45, 7) is 6.48. The largest absolute Gasteiger partial charge is 0.342 e. The Bertz CT molecular complexity index is 526. The van der Waals surface area contributed by atoms with Crippen LogP contribution in [0.25, 0.3) is 10.9 Å². The van der Waals surface area contributed by atoms with Crippen LogP contribution in [-0.4, -0.2) is 10.6 Å². The second-order valence-corrected chi connectivity index (χ2v) is 5.90. The lowest BCUT2D eigenvalue weighted by Crippen LogP contribution is -2.20. The van der Waals surface area contributed by atoms with E-state index in [1.807, 2.05) is 0 Å². The van der Waals surface area contributed by atoms with Gasteiger partial charge in [-0.3, -0.25) is 0 Å². The Kier molecular flexibility index (Phi) is 3.59. The van der Waals surface area contributed by atoms with Gasteiger partial charge in [-0.05, 0) is 45.0 Å². The number of nitrogens with zero attached hydrogens (tertiary/aromatic N) is 1. The molecule has 1 aromatic carbocycles. The van der Waals surface area contributed by atoms with Crippen molar-refractivity contribution in [3.8, 4) is 0 Å². The molecule has 2 rings (SSSR count). The molecule has 1 atom stereocenters. The van der Waals surface area contributed by atoms with Gasteiger partial charge in [0.25, 0.3) is 0 Å². The van der Waals surface area contributed by atoms with Crippen molar-refractivity contribution in [2.24, 2.45) is 5.73 Å². The van der Waals surface area contributed by atoms with Crippen molar-refractivity contribution in [1.82, 2.24) is 4.57 Å². The molecule has 0 radical (unpaired) electrons. The van der Waals surface area contributed by atoms with Crippen molar-refractivity contribution in [3.05, 3.63) is 34.4 Å². The van der Waals surface area contributed by atoms with E-state index in [0.717, 1.165) is 10.9 Å². The van der Waals surface area contributed by atoms with Crippen molar-refractivity contribution in [2.75, 3.05) is 0 Å². The molecule has 0 fully saturated rings. The van der Waals surface area contributed by atoms with Crippen LogP contribution < -0.4 is 5.73 Å². The molecule has 1 unspecified atom stereocenters. The molecule has 92 valence electrons. The number of hydrogen-bond donors (Lipinski definition) is 1. The summed E-state index contributed by atoms with van der Waals surface area (Å²) >= 11 is 3.52. The zero-order valence-electron chi connectivity index (χ0n) is 10.6. The highest BCUT2D eigenvalue weighted by atomic mass is 79.9. The molecule has 0 aliphatic carbocycles. The third kappa shape index (κ3) is 2.55. The topological polar surface area (TPSA) is 30.9 Å². The number of rotatable bonds is 3. The molecule has 2 N–H and O–H groups in total. The van der Waals surface area contributed by atoms with Gasteiger partial charge in [-0.2, -0.15) is 0 Å². The SMILES string of the molecule is CC(N)Cc1cc2cc(Br)ccc2n1C(C)C. The van der Waals surface area contributed by atoms with Gasteiger partial charge in [-0.15, -0.1) is 0 Å². The first-order chi connectivity index (χ1) is 7.99. The summed E-state index contributed by atoms with van der Waals surface area (Å²) in [6.07, 6.45) is 0.921. The third-order valence-corrected chi connectivity index (χ3v) is 3.42. The van der Waals surface area contributed by atoms with Crippen molar-refractivity contribution in [1.29, 1.82) is 0 Å². The quantitative estimate of drug-likeness (QED) is 0.915. The van der Waals surface area contributed by atoms with Crippen LogP contribution in [0.5, 0.6) is 0 Å². The molecular weight excluding hydrogens is 276 g/mol. The molecule has 2 aromatic rings. The molecule has 3 heteroatoms. The fourth-order valence-corrected chi connectivity index (χ4v) is 2.74. The first-order valence-electron chi connectivity index (χ1n) is 6.04. The number of hydrogen-bond acceptors (Lipinski definition) is 1. The van der Waals surface area contributed by atoms with Crippen LogP contribution in [-0.2, 0) is 6.42 Å². The van der Waals surface area contributed by atoms with Gasteiger partial charge in [0.15, 0.2) is 0 Å². The molecule has 1 aromatic heterocycles. The Balaban J connectivity index is 2.61. The van der Waals surface area contributed by atoms with Crippen molar-refractivity contribution < 1.29 is 0 Å². The Morgan fingerprint density at radius 2 is 1.94 bits per heavy atom. The van der Waals surface area contributed by atoms with Gasteiger partial charge in [0.1, 0.15) is 0 Å². The Labute approximate surface area is 111 Å². The van der Waals surface area contributed by atoms with E-state index in [1.54, 1.807) is 0 Å². The maximum Gasteiger partial charge on any atom is 0.0485 e. The van der Waals surface area contributed by atoms with Gasteiger partial charge in [-0.1, -0.05) is 15.9 Å². The van der Waals surface area contributed by atoms with E-state index in [2.05, 4.69) is 65.5 Å². The van der Waals surface area contributed by atoms with Crippen LogP contribution in [0.2, 0.25) is 0 Å². The molecule has 1 heterocycles. The lowest BCUT2D eigenvalue weighted by atomic mass is 10.2. The van der Waals surface area contributed by atoms with E-state index in [-0.39, 0.29) is 6.04 Å². The van der Waals surface area contributed by atoms with Crippen LogP contribution in [0.3, 0.4) is 0 Å². The van der Waals surface area contributed by atoms with Gasteiger partial charge in [0, 0.05) is 39.6 Å².